The molecule has 474 valence electrons. The zero-order valence-corrected chi connectivity index (χ0v) is 49.6. The van der Waals surface area contributed by atoms with Crippen LogP contribution >= 0.6 is 0 Å². The van der Waals surface area contributed by atoms with Gasteiger partial charge in [-0.05, 0) is 12.8 Å². The number of hydrogen-bond acceptors (Lipinski definition) is 18. The third-order valence-corrected chi connectivity index (χ3v) is 16.7. The van der Waals surface area contributed by atoms with Crippen molar-refractivity contribution in [3.8, 4) is 0 Å². The summed E-state index contributed by atoms with van der Waals surface area (Å²) in [7, 11) is 0. The number of unbranched alkanes of at least 4 members (excludes halogenated alkanes) is 33. The first kappa shape index (κ1) is 73.0. The highest BCUT2D eigenvalue weighted by Crippen LogP contribution is 2.33. The molecule has 0 radical (unpaired) electrons. The third kappa shape index (κ3) is 28.3. The van der Waals surface area contributed by atoms with Crippen molar-refractivity contribution >= 4 is 5.91 Å². The van der Waals surface area contributed by atoms with Crippen LogP contribution in [0.1, 0.15) is 251 Å². The Morgan fingerprint density at radius 3 is 1.09 bits per heavy atom. The fourth-order valence-corrected chi connectivity index (χ4v) is 11.4. The molecule has 0 spiro atoms. The zero-order valence-electron chi connectivity index (χ0n) is 49.6. The van der Waals surface area contributed by atoms with Crippen LogP contribution in [0.3, 0.4) is 0 Å². The zero-order chi connectivity index (χ0) is 58.3. The quantitative estimate of drug-likeness (QED) is 0.0280. The Morgan fingerprint density at radius 1 is 0.400 bits per heavy atom. The van der Waals surface area contributed by atoms with Crippen LogP contribution in [0, 0.1) is 0 Å². The van der Waals surface area contributed by atoms with Gasteiger partial charge in [-0.1, -0.05) is 232 Å². The number of carbonyl (C=O) groups excluding carboxylic acids is 1. The lowest BCUT2D eigenvalue weighted by Crippen LogP contribution is -2.66. The molecule has 12 N–H and O–H groups in total. The second-order valence-corrected chi connectivity index (χ2v) is 23.6. The van der Waals surface area contributed by atoms with Crippen molar-refractivity contribution in [3.63, 3.8) is 0 Å². The minimum Gasteiger partial charge on any atom is -0.394 e. The molecule has 3 rings (SSSR count). The summed E-state index contributed by atoms with van der Waals surface area (Å²) in [5.41, 5.74) is 0. The second-order valence-electron chi connectivity index (χ2n) is 23.6. The van der Waals surface area contributed by atoms with E-state index >= 15 is 0 Å². The maximum Gasteiger partial charge on any atom is 0.220 e. The summed E-state index contributed by atoms with van der Waals surface area (Å²) >= 11 is 0. The third-order valence-electron chi connectivity index (χ3n) is 16.7. The van der Waals surface area contributed by atoms with Gasteiger partial charge in [-0.25, -0.2) is 0 Å². The molecule has 3 saturated heterocycles. The van der Waals surface area contributed by atoms with Crippen molar-refractivity contribution in [2.45, 2.75) is 356 Å². The van der Waals surface area contributed by atoms with E-state index < -0.39 is 124 Å². The number of ether oxygens (including phenoxy) is 6. The van der Waals surface area contributed by atoms with E-state index in [9.17, 15) is 61.0 Å². The van der Waals surface area contributed by atoms with Crippen molar-refractivity contribution in [2.24, 2.45) is 0 Å². The minimum atomic E-state index is -1.97. The second kappa shape index (κ2) is 45.2. The predicted molar refractivity (Wildman–Crippen MR) is 305 cm³/mol. The number of aliphatic hydroxyl groups is 11. The van der Waals surface area contributed by atoms with Gasteiger partial charge < -0.3 is 89.9 Å². The summed E-state index contributed by atoms with van der Waals surface area (Å²) in [6, 6.07) is -0.879. The van der Waals surface area contributed by atoms with Gasteiger partial charge in [-0.3, -0.25) is 4.79 Å². The van der Waals surface area contributed by atoms with Gasteiger partial charge in [0.1, 0.15) is 73.2 Å². The maximum atomic E-state index is 13.3. The molecule has 17 unspecified atom stereocenters. The minimum absolute atomic E-state index is 0.242. The molecule has 0 aliphatic carbocycles. The van der Waals surface area contributed by atoms with Crippen LogP contribution in [0.25, 0.3) is 0 Å². The van der Waals surface area contributed by atoms with Crippen LogP contribution in [0.5, 0.6) is 0 Å². The summed E-state index contributed by atoms with van der Waals surface area (Å²) in [5, 5.41) is 120. The average Bonchev–Trinajstić information content (AvgIpc) is 3.47. The van der Waals surface area contributed by atoms with Gasteiger partial charge in [-0.15, -0.1) is 0 Å². The van der Waals surface area contributed by atoms with E-state index in [4.69, 9.17) is 28.4 Å². The first-order chi connectivity index (χ1) is 38.8. The van der Waals surface area contributed by atoms with Gasteiger partial charge in [0.2, 0.25) is 5.91 Å². The van der Waals surface area contributed by atoms with Gasteiger partial charge in [0.25, 0.3) is 0 Å². The fraction of sp³-hybridized carbons (Fsp3) is 0.984. The van der Waals surface area contributed by atoms with Crippen molar-refractivity contribution in [3.05, 3.63) is 0 Å². The van der Waals surface area contributed by atoms with Crippen LogP contribution in [0.15, 0.2) is 0 Å². The van der Waals surface area contributed by atoms with E-state index in [1.54, 1.807) is 0 Å². The lowest BCUT2D eigenvalue weighted by molar-refractivity contribution is -0.379. The van der Waals surface area contributed by atoms with Gasteiger partial charge in [-0.2, -0.15) is 0 Å². The summed E-state index contributed by atoms with van der Waals surface area (Å²) in [5.74, 6) is -0.242. The topological polar surface area (TPSA) is 307 Å². The van der Waals surface area contributed by atoms with Crippen molar-refractivity contribution < 1.29 is 89.4 Å². The molecule has 3 fully saturated rings. The molecule has 19 nitrogen and oxygen atoms in total. The summed E-state index contributed by atoms with van der Waals surface area (Å²) < 4.78 is 34.3. The standard InChI is InChI=1S/C61H117NO18/c1-3-5-7-9-11-13-15-16-17-18-19-20-21-22-23-24-25-26-27-28-29-30-32-34-36-38-45(66)44(62-49(67)39-37-35-33-31-14-12-10-8-6-4-2)43-75-59-55(73)52(70)57(47(41-64)77-59)80-61-56(74)53(71)58(48(42-65)78-61)79-60-54(72)51(69)50(68)46(40-63)76-60/h44-48,50-61,63-66,68-74H,3-43H2,1-2H3,(H,62,67). The predicted octanol–water partition coefficient (Wildman–Crippen LogP) is 6.77. The molecule has 1 amide bonds. The molecule has 0 saturated carbocycles. The Labute approximate surface area is 481 Å². The van der Waals surface area contributed by atoms with Crippen LogP contribution in [0.2, 0.25) is 0 Å². The number of hydrogen-bond donors (Lipinski definition) is 12. The van der Waals surface area contributed by atoms with E-state index in [1.165, 1.54) is 173 Å². The molecule has 3 aliphatic heterocycles. The highest BCUT2D eigenvalue weighted by Gasteiger charge is 2.53. The van der Waals surface area contributed by atoms with Crippen LogP contribution in [0.4, 0.5) is 0 Å². The van der Waals surface area contributed by atoms with E-state index in [0.717, 1.165) is 44.9 Å². The number of rotatable bonds is 49. The van der Waals surface area contributed by atoms with Crippen molar-refractivity contribution in [1.82, 2.24) is 5.32 Å². The monoisotopic (exact) mass is 1150 g/mol. The first-order valence-corrected chi connectivity index (χ1v) is 32.3. The molecule has 3 heterocycles. The van der Waals surface area contributed by atoms with Crippen molar-refractivity contribution in [2.75, 3.05) is 26.4 Å². The van der Waals surface area contributed by atoms with Gasteiger partial charge in [0, 0.05) is 6.42 Å². The average molecular weight is 1150 g/mol. The Kier molecular flexibility index (Phi) is 41.2. The van der Waals surface area contributed by atoms with E-state index in [-0.39, 0.29) is 18.9 Å². The Hall–Kier alpha value is -1.21. The lowest BCUT2D eigenvalue weighted by Gasteiger charge is -2.48. The molecule has 0 aromatic rings. The SMILES string of the molecule is CCCCCCCCCCCCCCCCCCCCCCCCCCCC(O)C(COC1OC(CO)C(OC2OC(CO)C(OC3OC(CO)C(O)C(O)C3O)C(O)C2O)C(O)C1O)NC(=O)CCCCCCCCCCCC. The largest absolute Gasteiger partial charge is 0.394 e. The molecule has 80 heavy (non-hydrogen) atoms. The first-order valence-electron chi connectivity index (χ1n) is 32.3. The van der Waals surface area contributed by atoms with E-state index in [1.807, 2.05) is 0 Å². The van der Waals surface area contributed by atoms with Gasteiger partial charge in [0.05, 0.1) is 38.6 Å². The van der Waals surface area contributed by atoms with Crippen LogP contribution < -0.4 is 5.32 Å². The summed E-state index contributed by atoms with van der Waals surface area (Å²) in [4.78, 5) is 13.3. The molecule has 3 aliphatic rings. The van der Waals surface area contributed by atoms with E-state index in [2.05, 4.69) is 19.2 Å². The van der Waals surface area contributed by atoms with Crippen molar-refractivity contribution in [1.29, 1.82) is 0 Å². The molecular formula is C61H117NO18. The molecular weight excluding hydrogens is 1030 g/mol. The fourth-order valence-electron chi connectivity index (χ4n) is 11.4. The highest BCUT2D eigenvalue weighted by atomic mass is 16.8. The number of amides is 1. The molecule has 19 heteroatoms. The molecule has 0 aromatic heterocycles. The van der Waals surface area contributed by atoms with Crippen LogP contribution in [-0.4, -0.2) is 193 Å². The smallest absolute Gasteiger partial charge is 0.220 e. The summed E-state index contributed by atoms with van der Waals surface area (Å²) in [6.07, 6.45) is 17.8. The number of aliphatic hydroxyl groups excluding tert-OH is 11. The Bertz CT molecular complexity index is 1470. The molecule has 17 atom stereocenters. The molecule has 0 bridgehead atoms. The van der Waals surface area contributed by atoms with E-state index in [0.29, 0.717) is 12.8 Å². The summed E-state index contributed by atoms with van der Waals surface area (Å²) in [6.45, 7) is 1.80. The highest BCUT2D eigenvalue weighted by molar-refractivity contribution is 5.76. The number of carbonyl (C=O) groups is 1. The maximum absolute atomic E-state index is 13.3. The van der Waals surface area contributed by atoms with Gasteiger partial charge >= 0.3 is 0 Å². The lowest BCUT2D eigenvalue weighted by atomic mass is 9.96. The number of nitrogens with one attached hydrogen (secondary N) is 1. The van der Waals surface area contributed by atoms with Gasteiger partial charge in [0.15, 0.2) is 18.9 Å². The Morgan fingerprint density at radius 2 is 0.713 bits per heavy atom. The normalized spacial score (nSPS) is 29.9. The van der Waals surface area contributed by atoms with Crippen LogP contribution in [-0.2, 0) is 33.2 Å². The Balaban J connectivity index is 1.41. The molecule has 0 aromatic carbocycles.